The van der Waals surface area contributed by atoms with E-state index in [1.807, 2.05) is 59.3 Å². The van der Waals surface area contributed by atoms with E-state index in [0.717, 1.165) is 79.1 Å². The molecule has 0 bridgehead atoms. The lowest BCUT2D eigenvalue weighted by Crippen LogP contribution is -2.35. The standard InChI is InChI=1S/C27H31N7O3/c28-26-24-25(19-9-11-22(12-10-19)37-21-6-2-1-3-7-21)31-34(27(24)30-18-29-26)20-13-16-33(17-14-20)15-5-4-8-23(35)32-36/h1-3,6-7,9-12,18,20,36H,4-5,8,13-17H2,(H,32,35)(H2,28,29,30). The van der Waals surface area contributed by atoms with Crippen LogP contribution in [0.15, 0.2) is 60.9 Å². The highest BCUT2D eigenvalue weighted by Crippen LogP contribution is 2.35. The normalized spacial score (nSPS) is 14.6. The lowest BCUT2D eigenvalue weighted by molar-refractivity contribution is -0.129. The molecule has 10 nitrogen and oxygen atoms in total. The Morgan fingerprint density at radius 2 is 1.76 bits per heavy atom. The van der Waals surface area contributed by atoms with E-state index in [9.17, 15) is 4.79 Å². The number of piperidine rings is 1. The molecule has 192 valence electrons. The lowest BCUT2D eigenvalue weighted by Gasteiger charge is -2.32. The van der Waals surface area contributed by atoms with Gasteiger partial charge in [0.25, 0.3) is 0 Å². The summed E-state index contributed by atoms with van der Waals surface area (Å²) in [4.78, 5) is 22.4. The van der Waals surface area contributed by atoms with Gasteiger partial charge in [0.15, 0.2) is 5.65 Å². The van der Waals surface area contributed by atoms with Gasteiger partial charge in [0.2, 0.25) is 5.91 Å². The van der Waals surface area contributed by atoms with Crippen LogP contribution in [0.5, 0.6) is 11.5 Å². The van der Waals surface area contributed by atoms with E-state index in [-0.39, 0.29) is 11.9 Å². The topological polar surface area (TPSA) is 131 Å². The first-order valence-corrected chi connectivity index (χ1v) is 12.6. The van der Waals surface area contributed by atoms with Crippen LogP contribution in [0.4, 0.5) is 5.82 Å². The summed E-state index contributed by atoms with van der Waals surface area (Å²) < 4.78 is 7.95. The van der Waals surface area contributed by atoms with E-state index in [0.29, 0.717) is 12.2 Å². The van der Waals surface area contributed by atoms with Crippen molar-refractivity contribution in [3.63, 3.8) is 0 Å². The SMILES string of the molecule is Nc1ncnc2c1c(-c1ccc(Oc3ccccc3)cc1)nn2C1CCN(CCCCC(=O)NO)CC1. The van der Waals surface area contributed by atoms with Gasteiger partial charge >= 0.3 is 0 Å². The minimum Gasteiger partial charge on any atom is -0.457 e. The van der Waals surface area contributed by atoms with Gasteiger partial charge in [0, 0.05) is 25.1 Å². The third-order valence-corrected chi connectivity index (χ3v) is 6.78. The number of para-hydroxylation sites is 1. The van der Waals surface area contributed by atoms with Crippen molar-refractivity contribution in [3.8, 4) is 22.8 Å². The molecule has 1 aliphatic heterocycles. The highest BCUT2D eigenvalue weighted by Gasteiger charge is 2.26. The van der Waals surface area contributed by atoms with Gasteiger partial charge in [0.05, 0.1) is 11.4 Å². The van der Waals surface area contributed by atoms with E-state index >= 15 is 0 Å². The summed E-state index contributed by atoms with van der Waals surface area (Å²) in [6.45, 7) is 2.82. The van der Waals surface area contributed by atoms with Crippen LogP contribution in [0.25, 0.3) is 22.3 Å². The molecule has 1 saturated heterocycles. The van der Waals surface area contributed by atoms with Gasteiger partial charge in [-0.2, -0.15) is 5.10 Å². The van der Waals surface area contributed by atoms with E-state index in [2.05, 4.69) is 14.9 Å². The largest absolute Gasteiger partial charge is 0.457 e. The summed E-state index contributed by atoms with van der Waals surface area (Å²) in [5.41, 5.74) is 10.4. The zero-order valence-electron chi connectivity index (χ0n) is 20.6. The maximum Gasteiger partial charge on any atom is 0.243 e. The van der Waals surface area contributed by atoms with Crippen molar-refractivity contribution in [2.24, 2.45) is 0 Å². The number of nitrogens with zero attached hydrogens (tertiary/aromatic N) is 5. The summed E-state index contributed by atoms with van der Waals surface area (Å²) >= 11 is 0. The zero-order valence-corrected chi connectivity index (χ0v) is 20.6. The molecule has 0 radical (unpaired) electrons. The number of aromatic nitrogens is 4. The molecule has 5 rings (SSSR count). The molecule has 2 aromatic carbocycles. The number of nitrogens with two attached hydrogens (primary N) is 1. The number of benzene rings is 2. The number of nitrogens with one attached hydrogen (secondary N) is 1. The average Bonchev–Trinajstić information content (AvgIpc) is 3.33. The lowest BCUT2D eigenvalue weighted by atomic mass is 10.0. The van der Waals surface area contributed by atoms with Crippen molar-refractivity contribution in [1.29, 1.82) is 0 Å². The summed E-state index contributed by atoms with van der Waals surface area (Å²) in [5.74, 6) is 1.61. The van der Waals surface area contributed by atoms with Gasteiger partial charge in [-0.05, 0) is 68.6 Å². The van der Waals surface area contributed by atoms with Gasteiger partial charge in [0.1, 0.15) is 29.3 Å². The number of amides is 1. The maximum atomic E-state index is 11.2. The number of anilines is 1. The highest BCUT2D eigenvalue weighted by molar-refractivity contribution is 5.98. The van der Waals surface area contributed by atoms with Crippen molar-refractivity contribution < 1.29 is 14.7 Å². The molecule has 1 amide bonds. The van der Waals surface area contributed by atoms with Crippen LogP contribution < -0.4 is 16.0 Å². The quantitative estimate of drug-likeness (QED) is 0.177. The molecular formula is C27H31N7O3. The summed E-state index contributed by atoms with van der Waals surface area (Å²) in [6, 6.07) is 17.7. The molecule has 0 unspecified atom stereocenters. The fourth-order valence-electron chi connectivity index (χ4n) is 4.82. The molecule has 4 N–H and O–H groups in total. The second-order valence-corrected chi connectivity index (χ2v) is 9.26. The molecule has 1 aliphatic rings. The first-order chi connectivity index (χ1) is 18.1. The number of nitrogen functional groups attached to an aromatic ring is 1. The number of rotatable bonds is 9. The van der Waals surface area contributed by atoms with E-state index in [1.165, 1.54) is 6.33 Å². The van der Waals surface area contributed by atoms with E-state index in [4.69, 9.17) is 20.8 Å². The average molecular weight is 502 g/mol. The zero-order chi connectivity index (χ0) is 25.6. The molecule has 10 heteroatoms. The Labute approximate surface area is 215 Å². The molecule has 4 aromatic rings. The number of ether oxygens (including phenoxy) is 1. The minimum absolute atomic E-state index is 0.211. The number of likely N-dealkylation sites (tertiary alicyclic amines) is 1. The Kier molecular flexibility index (Phi) is 7.57. The predicted octanol–water partition coefficient (Wildman–Crippen LogP) is 4.18. The number of fused-ring (bicyclic) bond motifs is 1. The molecule has 1 fully saturated rings. The second kappa shape index (κ2) is 11.4. The van der Waals surface area contributed by atoms with Crippen molar-refractivity contribution in [1.82, 2.24) is 30.1 Å². The Morgan fingerprint density at radius 3 is 2.49 bits per heavy atom. The number of hydrogen-bond acceptors (Lipinski definition) is 8. The number of carbonyl (C=O) groups is 1. The molecular weight excluding hydrogens is 470 g/mol. The van der Waals surface area contributed by atoms with Crippen LogP contribution in [-0.4, -0.2) is 55.4 Å². The van der Waals surface area contributed by atoms with E-state index in [1.54, 1.807) is 5.48 Å². The minimum atomic E-state index is -0.334. The molecule has 0 aliphatic carbocycles. The van der Waals surface area contributed by atoms with Gasteiger partial charge in [-0.25, -0.2) is 20.1 Å². The Morgan fingerprint density at radius 1 is 1.03 bits per heavy atom. The maximum absolute atomic E-state index is 11.2. The van der Waals surface area contributed by atoms with Gasteiger partial charge < -0.3 is 15.4 Å². The number of carbonyl (C=O) groups excluding carboxylic acids is 1. The van der Waals surface area contributed by atoms with Crippen LogP contribution in [-0.2, 0) is 4.79 Å². The highest BCUT2D eigenvalue weighted by atomic mass is 16.5. The third kappa shape index (κ3) is 5.71. The van der Waals surface area contributed by atoms with Crippen molar-refractivity contribution in [3.05, 3.63) is 60.9 Å². The van der Waals surface area contributed by atoms with Gasteiger partial charge in [-0.3, -0.25) is 10.0 Å². The first-order valence-electron chi connectivity index (χ1n) is 12.6. The van der Waals surface area contributed by atoms with Crippen molar-refractivity contribution in [2.75, 3.05) is 25.4 Å². The second-order valence-electron chi connectivity index (χ2n) is 9.26. The smallest absolute Gasteiger partial charge is 0.243 e. The van der Waals surface area contributed by atoms with Gasteiger partial charge in [-0.1, -0.05) is 18.2 Å². The van der Waals surface area contributed by atoms with Crippen LogP contribution in [0.2, 0.25) is 0 Å². The van der Waals surface area contributed by atoms with Crippen molar-refractivity contribution in [2.45, 2.75) is 38.1 Å². The summed E-state index contributed by atoms with van der Waals surface area (Å²) in [5, 5.41) is 14.4. The number of hydrogen-bond donors (Lipinski definition) is 3. The first kappa shape index (κ1) is 24.7. The monoisotopic (exact) mass is 501 g/mol. The van der Waals surface area contributed by atoms with Crippen LogP contribution >= 0.6 is 0 Å². The fraction of sp³-hybridized carbons (Fsp3) is 0.333. The Balaban J connectivity index is 1.30. The Hall–Kier alpha value is -4.02. The molecule has 3 heterocycles. The number of hydroxylamine groups is 1. The van der Waals surface area contributed by atoms with E-state index < -0.39 is 0 Å². The molecule has 0 spiro atoms. The van der Waals surface area contributed by atoms with Gasteiger partial charge in [-0.15, -0.1) is 0 Å². The molecule has 2 aromatic heterocycles. The summed E-state index contributed by atoms with van der Waals surface area (Å²) in [7, 11) is 0. The molecule has 37 heavy (non-hydrogen) atoms. The predicted molar refractivity (Wildman–Crippen MR) is 140 cm³/mol. The van der Waals surface area contributed by atoms with Crippen LogP contribution in [0.3, 0.4) is 0 Å². The Bertz CT molecular complexity index is 1330. The van der Waals surface area contributed by atoms with Crippen molar-refractivity contribution >= 4 is 22.8 Å². The molecule has 0 atom stereocenters. The summed E-state index contributed by atoms with van der Waals surface area (Å²) in [6.07, 6.45) is 5.40. The van der Waals surface area contributed by atoms with Crippen LogP contribution in [0.1, 0.15) is 38.1 Å². The van der Waals surface area contributed by atoms with Crippen LogP contribution in [0, 0.1) is 0 Å². The fourth-order valence-corrected chi connectivity index (χ4v) is 4.82. The molecule has 0 saturated carbocycles. The third-order valence-electron chi connectivity index (χ3n) is 6.78. The number of unbranched alkanes of at least 4 members (excludes halogenated alkanes) is 1.